The van der Waals surface area contributed by atoms with Crippen LogP contribution >= 0.6 is 23.1 Å². The first kappa shape index (κ1) is 25.4. The standard InChI is InChI=1S/C25H30N4O4S2/c1-14(2)12-18(21(30)24-28-29-25(33-24)34-3)27-22(31)16-9-5-6-10-17(16)26-23(32)20-13-15-8-4-7-11-19(15)35-20/h4,7-8,11,13-14,16-18H,5-6,9-10,12H2,1-3H3,(H,26,32)(H,27,31)/t16-,17+,18+/m1/s1. The second-order valence-electron chi connectivity index (χ2n) is 9.25. The van der Waals surface area contributed by atoms with E-state index in [0.717, 1.165) is 29.3 Å². The maximum atomic E-state index is 13.4. The van der Waals surface area contributed by atoms with E-state index in [1.807, 2.05) is 44.2 Å². The highest BCUT2D eigenvalue weighted by molar-refractivity contribution is 7.98. The number of thiophene rings is 1. The van der Waals surface area contributed by atoms with E-state index in [2.05, 4.69) is 20.8 Å². The molecule has 8 nitrogen and oxygen atoms in total. The fourth-order valence-corrected chi connectivity index (χ4v) is 5.72. The van der Waals surface area contributed by atoms with Crippen LogP contribution in [0.3, 0.4) is 0 Å². The molecule has 2 heterocycles. The van der Waals surface area contributed by atoms with Gasteiger partial charge >= 0.3 is 0 Å². The molecule has 0 saturated heterocycles. The Balaban J connectivity index is 1.46. The minimum atomic E-state index is -0.765. The lowest BCUT2D eigenvalue weighted by Gasteiger charge is -2.32. The predicted octanol–water partition coefficient (Wildman–Crippen LogP) is 4.71. The number of hydrogen-bond donors (Lipinski definition) is 2. The monoisotopic (exact) mass is 514 g/mol. The van der Waals surface area contributed by atoms with E-state index >= 15 is 0 Å². The summed E-state index contributed by atoms with van der Waals surface area (Å²) in [5.41, 5.74) is 0. The predicted molar refractivity (Wildman–Crippen MR) is 137 cm³/mol. The van der Waals surface area contributed by atoms with Crippen LogP contribution < -0.4 is 10.6 Å². The lowest BCUT2D eigenvalue weighted by atomic mass is 9.83. The molecular weight excluding hydrogens is 484 g/mol. The summed E-state index contributed by atoms with van der Waals surface area (Å²) in [4.78, 5) is 40.1. The highest BCUT2D eigenvalue weighted by atomic mass is 32.2. The molecule has 3 atom stereocenters. The fraction of sp³-hybridized carbons (Fsp3) is 0.480. The third-order valence-corrected chi connectivity index (χ3v) is 7.83. The second-order valence-corrected chi connectivity index (χ2v) is 11.1. The van der Waals surface area contributed by atoms with E-state index in [0.29, 0.717) is 22.9 Å². The summed E-state index contributed by atoms with van der Waals surface area (Å²) in [7, 11) is 0. The van der Waals surface area contributed by atoms with E-state index in [1.165, 1.54) is 23.1 Å². The lowest BCUT2D eigenvalue weighted by molar-refractivity contribution is -0.127. The van der Waals surface area contributed by atoms with Gasteiger partial charge in [-0.25, -0.2) is 0 Å². The molecule has 0 aliphatic heterocycles. The van der Waals surface area contributed by atoms with Crippen molar-refractivity contribution < 1.29 is 18.8 Å². The molecule has 0 bridgehead atoms. The largest absolute Gasteiger partial charge is 0.408 e. The van der Waals surface area contributed by atoms with Crippen molar-refractivity contribution in [2.24, 2.45) is 11.8 Å². The maximum absolute atomic E-state index is 13.4. The summed E-state index contributed by atoms with van der Waals surface area (Å²) in [6, 6.07) is 8.71. The molecule has 1 aliphatic carbocycles. The van der Waals surface area contributed by atoms with Crippen LogP contribution in [0.15, 0.2) is 40.0 Å². The van der Waals surface area contributed by atoms with E-state index < -0.39 is 12.0 Å². The molecule has 0 unspecified atom stereocenters. The van der Waals surface area contributed by atoms with Gasteiger partial charge in [0.1, 0.15) is 0 Å². The van der Waals surface area contributed by atoms with E-state index in [1.54, 1.807) is 6.26 Å². The average Bonchev–Trinajstić information content (AvgIpc) is 3.50. The first-order chi connectivity index (χ1) is 16.9. The average molecular weight is 515 g/mol. The van der Waals surface area contributed by atoms with Crippen molar-refractivity contribution in [1.29, 1.82) is 0 Å². The molecule has 1 fully saturated rings. The van der Waals surface area contributed by atoms with Gasteiger partial charge in [0.05, 0.1) is 16.8 Å². The normalized spacial score (nSPS) is 19.0. The van der Waals surface area contributed by atoms with Crippen LogP contribution in [-0.4, -0.2) is 46.1 Å². The van der Waals surface area contributed by atoms with Crippen molar-refractivity contribution in [3.63, 3.8) is 0 Å². The van der Waals surface area contributed by atoms with Crippen LogP contribution in [0.2, 0.25) is 0 Å². The summed E-state index contributed by atoms with van der Waals surface area (Å²) in [5.74, 6) is -1.12. The molecule has 2 amide bonds. The third kappa shape index (κ3) is 6.10. The first-order valence-corrected chi connectivity index (χ1v) is 13.9. The zero-order valence-electron chi connectivity index (χ0n) is 20.1. The number of carbonyl (C=O) groups excluding carboxylic acids is 3. The number of benzene rings is 1. The molecule has 0 spiro atoms. The van der Waals surface area contributed by atoms with Crippen LogP contribution in [-0.2, 0) is 4.79 Å². The Morgan fingerprint density at radius 3 is 2.66 bits per heavy atom. The molecule has 1 saturated carbocycles. The lowest BCUT2D eigenvalue weighted by Crippen LogP contribution is -2.52. The quantitative estimate of drug-likeness (QED) is 0.314. The number of rotatable bonds is 9. The summed E-state index contributed by atoms with van der Waals surface area (Å²) in [5, 5.41) is 15.1. The molecule has 1 aliphatic rings. The summed E-state index contributed by atoms with van der Waals surface area (Å²) in [6.07, 6.45) is 5.45. The Hall–Kier alpha value is -2.72. The summed E-state index contributed by atoms with van der Waals surface area (Å²) >= 11 is 2.70. The highest BCUT2D eigenvalue weighted by Crippen LogP contribution is 2.28. The zero-order valence-corrected chi connectivity index (χ0v) is 21.7. The molecule has 1 aromatic carbocycles. The van der Waals surface area contributed by atoms with Crippen LogP contribution in [0.25, 0.3) is 10.1 Å². The number of hydrogen-bond acceptors (Lipinski definition) is 8. The van der Waals surface area contributed by atoms with Crippen molar-refractivity contribution in [3.05, 3.63) is 41.1 Å². The third-order valence-electron chi connectivity index (χ3n) is 6.20. The van der Waals surface area contributed by atoms with Crippen molar-refractivity contribution in [2.45, 2.75) is 63.3 Å². The number of fused-ring (bicyclic) bond motifs is 1. The molecule has 3 aromatic rings. The Morgan fingerprint density at radius 1 is 1.17 bits per heavy atom. The number of nitrogens with zero attached hydrogens (tertiary/aromatic N) is 2. The van der Waals surface area contributed by atoms with Gasteiger partial charge < -0.3 is 15.1 Å². The molecule has 186 valence electrons. The minimum absolute atomic E-state index is 0.0986. The topological polar surface area (TPSA) is 114 Å². The Morgan fingerprint density at radius 2 is 1.94 bits per heavy atom. The van der Waals surface area contributed by atoms with Gasteiger partial charge in [-0.1, -0.05) is 56.7 Å². The Labute approximate surface area is 212 Å². The van der Waals surface area contributed by atoms with Crippen molar-refractivity contribution in [1.82, 2.24) is 20.8 Å². The Bertz CT molecular complexity index is 1170. The minimum Gasteiger partial charge on any atom is -0.408 e. The van der Waals surface area contributed by atoms with E-state index in [4.69, 9.17) is 4.42 Å². The molecular formula is C25H30N4O4S2. The number of ketones is 1. The van der Waals surface area contributed by atoms with Gasteiger partial charge in [0.25, 0.3) is 17.0 Å². The zero-order chi connectivity index (χ0) is 24.9. The van der Waals surface area contributed by atoms with Crippen molar-refractivity contribution in [3.8, 4) is 0 Å². The van der Waals surface area contributed by atoms with Crippen molar-refractivity contribution >= 4 is 50.8 Å². The first-order valence-electron chi connectivity index (χ1n) is 11.9. The maximum Gasteiger partial charge on any atom is 0.286 e. The van der Waals surface area contributed by atoms with Gasteiger partial charge in [0.15, 0.2) is 0 Å². The van der Waals surface area contributed by atoms with Gasteiger partial charge in [-0.3, -0.25) is 14.4 Å². The highest BCUT2D eigenvalue weighted by Gasteiger charge is 2.35. The number of amides is 2. The number of nitrogens with one attached hydrogen (secondary N) is 2. The fourth-order valence-electron chi connectivity index (χ4n) is 4.47. The molecule has 4 rings (SSSR count). The summed E-state index contributed by atoms with van der Waals surface area (Å²) < 4.78 is 6.47. The molecule has 10 heteroatoms. The number of carbonyl (C=O) groups is 3. The Kier molecular flexibility index (Phi) is 8.22. The van der Waals surface area contributed by atoms with E-state index in [9.17, 15) is 14.4 Å². The van der Waals surface area contributed by atoms with Gasteiger partial charge in [-0.05, 0) is 49.0 Å². The van der Waals surface area contributed by atoms with Crippen LogP contribution in [0.1, 0.15) is 66.3 Å². The van der Waals surface area contributed by atoms with Gasteiger partial charge in [0.2, 0.25) is 11.7 Å². The van der Waals surface area contributed by atoms with Crippen molar-refractivity contribution in [2.75, 3.05) is 6.26 Å². The van der Waals surface area contributed by atoms with Gasteiger partial charge in [-0.15, -0.1) is 21.5 Å². The smallest absolute Gasteiger partial charge is 0.286 e. The van der Waals surface area contributed by atoms with Crippen LogP contribution in [0, 0.1) is 11.8 Å². The molecule has 2 N–H and O–H groups in total. The van der Waals surface area contributed by atoms with Gasteiger partial charge in [0, 0.05) is 10.7 Å². The molecule has 35 heavy (non-hydrogen) atoms. The number of thioether (sulfide) groups is 1. The van der Waals surface area contributed by atoms with Crippen LogP contribution in [0.5, 0.6) is 0 Å². The summed E-state index contributed by atoms with van der Waals surface area (Å²) in [6.45, 7) is 3.98. The van der Waals surface area contributed by atoms with Crippen LogP contribution in [0.4, 0.5) is 0 Å². The number of Topliss-reactive ketones (excluding diaryl/α,β-unsaturated/α-hetero) is 1. The number of aromatic nitrogens is 2. The molecule has 2 aromatic heterocycles. The SMILES string of the molecule is CSc1nnc(C(=O)[C@H](CC(C)C)NC(=O)[C@@H]2CCCC[C@@H]2NC(=O)c2cc3ccccc3s2)o1. The van der Waals surface area contributed by atoms with Gasteiger partial charge in [-0.2, -0.15) is 0 Å². The molecule has 0 radical (unpaired) electrons. The van der Waals surface area contributed by atoms with E-state index in [-0.39, 0.29) is 35.4 Å². The second kappa shape index (κ2) is 11.3.